The minimum atomic E-state index is -0.706. The number of urea groups is 1. The van der Waals surface area contributed by atoms with E-state index in [-0.39, 0.29) is 16.6 Å². The second-order valence-corrected chi connectivity index (χ2v) is 7.60. The van der Waals surface area contributed by atoms with Crippen LogP contribution in [0.3, 0.4) is 0 Å². The average Bonchev–Trinajstić information content (AvgIpc) is 2.62. The molecule has 1 aromatic carbocycles. The molecule has 3 amide bonds. The molecule has 142 valence electrons. The van der Waals surface area contributed by atoms with Crippen LogP contribution in [0.25, 0.3) is 0 Å². The van der Waals surface area contributed by atoms with Crippen molar-refractivity contribution in [1.29, 1.82) is 0 Å². The Morgan fingerprint density at radius 1 is 1.27 bits per heavy atom. The molecule has 0 heterocycles. The molecule has 1 aliphatic carbocycles. The molecule has 26 heavy (non-hydrogen) atoms. The molecule has 0 unspecified atom stereocenters. The van der Waals surface area contributed by atoms with Crippen molar-refractivity contribution in [3.63, 3.8) is 0 Å². The number of hydrogen-bond donors (Lipinski definition) is 2. The minimum Gasteiger partial charge on any atom is -0.452 e. The van der Waals surface area contributed by atoms with E-state index >= 15 is 0 Å². The molecule has 1 aromatic rings. The largest absolute Gasteiger partial charge is 0.452 e. The number of hydrogen-bond acceptors (Lipinski definition) is 5. The lowest BCUT2D eigenvalue weighted by Gasteiger charge is -2.29. The maximum Gasteiger partial charge on any atom is 0.340 e. The number of esters is 1. The van der Waals surface area contributed by atoms with Crippen LogP contribution in [0.2, 0.25) is 5.02 Å². The SMILES string of the molecule is CSc1ccc(Cl)c(C(=O)OCC(=O)NC(=O)N[C@H]2CCCC[C@@H]2C)c1. The number of rotatable bonds is 5. The van der Waals surface area contributed by atoms with Gasteiger partial charge in [0.25, 0.3) is 5.91 Å². The number of carbonyl (C=O) groups excluding carboxylic acids is 3. The standard InChI is InChI=1S/C18H23ClN2O4S/c1-11-5-3-4-6-15(11)20-18(24)21-16(22)10-25-17(23)13-9-12(26-2)7-8-14(13)19/h7-9,11,15H,3-6,10H2,1-2H3,(H2,20,21,22,24)/t11-,15-/m0/s1. The molecule has 0 aliphatic heterocycles. The van der Waals surface area contributed by atoms with E-state index < -0.39 is 24.5 Å². The van der Waals surface area contributed by atoms with Crippen LogP contribution in [0, 0.1) is 5.92 Å². The second-order valence-electron chi connectivity index (χ2n) is 6.31. The van der Waals surface area contributed by atoms with Crippen LogP contribution in [0.1, 0.15) is 43.0 Å². The number of carbonyl (C=O) groups is 3. The summed E-state index contributed by atoms with van der Waals surface area (Å²) in [7, 11) is 0. The molecule has 2 N–H and O–H groups in total. The fourth-order valence-corrected chi connectivity index (χ4v) is 3.53. The topological polar surface area (TPSA) is 84.5 Å². The summed E-state index contributed by atoms with van der Waals surface area (Å²) >= 11 is 7.45. The van der Waals surface area contributed by atoms with E-state index in [4.69, 9.17) is 16.3 Å². The fourth-order valence-electron chi connectivity index (χ4n) is 2.89. The molecule has 0 aromatic heterocycles. The maximum absolute atomic E-state index is 12.1. The molecule has 1 fully saturated rings. The Morgan fingerprint density at radius 2 is 2.00 bits per heavy atom. The van der Waals surface area contributed by atoms with Crippen molar-refractivity contribution in [2.45, 2.75) is 43.5 Å². The van der Waals surface area contributed by atoms with Crippen molar-refractivity contribution >= 4 is 41.3 Å². The summed E-state index contributed by atoms with van der Waals surface area (Å²) in [5.41, 5.74) is 0.187. The number of ether oxygens (including phenoxy) is 1. The quantitative estimate of drug-likeness (QED) is 0.584. The van der Waals surface area contributed by atoms with Crippen molar-refractivity contribution in [2.75, 3.05) is 12.9 Å². The zero-order valence-corrected chi connectivity index (χ0v) is 16.4. The van der Waals surface area contributed by atoms with Crippen molar-refractivity contribution in [1.82, 2.24) is 10.6 Å². The van der Waals surface area contributed by atoms with Gasteiger partial charge in [-0.05, 0) is 43.2 Å². The first kappa shape index (κ1) is 20.6. The van der Waals surface area contributed by atoms with E-state index in [9.17, 15) is 14.4 Å². The first-order chi connectivity index (χ1) is 12.4. The zero-order chi connectivity index (χ0) is 19.1. The summed E-state index contributed by atoms with van der Waals surface area (Å²) < 4.78 is 4.96. The lowest BCUT2D eigenvalue weighted by Crippen LogP contribution is -2.48. The van der Waals surface area contributed by atoms with Crippen molar-refractivity contribution < 1.29 is 19.1 Å². The van der Waals surface area contributed by atoms with Gasteiger partial charge in [-0.2, -0.15) is 0 Å². The van der Waals surface area contributed by atoms with Gasteiger partial charge in [0.2, 0.25) is 0 Å². The minimum absolute atomic E-state index is 0.0622. The molecule has 0 saturated heterocycles. The van der Waals surface area contributed by atoms with Crippen molar-refractivity contribution in [3.8, 4) is 0 Å². The lowest BCUT2D eigenvalue weighted by atomic mass is 9.86. The first-order valence-corrected chi connectivity index (χ1v) is 10.1. The number of imide groups is 1. The molecule has 0 bridgehead atoms. The summed E-state index contributed by atoms with van der Waals surface area (Å²) in [5, 5.41) is 5.24. The van der Waals surface area contributed by atoms with Crippen LogP contribution in [0.4, 0.5) is 4.79 Å². The second kappa shape index (κ2) is 9.83. The number of nitrogens with one attached hydrogen (secondary N) is 2. The van der Waals surface area contributed by atoms with Gasteiger partial charge in [-0.3, -0.25) is 10.1 Å². The summed E-state index contributed by atoms with van der Waals surface area (Å²) in [6.45, 7) is 1.53. The molecule has 2 rings (SSSR count). The van der Waals surface area contributed by atoms with Gasteiger partial charge in [-0.25, -0.2) is 9.59 Å². The van der Waals surface area contributed by atoms with Crippen LogP contribution in [0.5, 0.6) is 0 Å². The van der Waals surface area contributed by atoms with Gasteiger partial charge in [-0.15, -0.1) is 11.8 Å². The molecular formula is C18H23ClN2O4S. The third kappa shape index (κ3) is 5.92. The van der Waals surface area contributed by atoms with E-state index in [1.165, 1.54) is 11.8 Å². The van der Waals surface area contributed by atoms with E-state index in [2.05, 4.69) is 17.6 Å². The monoisotopic (exact) mass is 398 g/mol. The fraction of sp³-hybridized carbons (Fsp3) is 0.500. The predicted molar refractivity (Wildman–Crippen MR) is 102 cm³/mol. The Bertz CT molecular complexity index is 683. The molecular weight excluding hydrogens is 376 g/mol. The Labute approximate surface area is 162 Å². The van der Waals surface area contributed by atoms with E-state index in [1.54, 1.807) is 18.2 Å². The molecule has 8 heteroatoms. The zero-order valence-electron chi connectivity index (χ0n) is 14.8. The Balaban J connectivity index is 1.80. The smallest absolute Gasteiger partial charge is 0.340 e. The summed E-state index contributed by atoms with van der Waals surface area (Å²) in [5.74, 6) is -1.01. The number of thioether (sulfide) groups is 1. The van der Waals surface area contributed by atoms with Gasteiger partial charge < -0.3 is 10.1 Å². The van der Waals surface area contributed by atoms with E-state index in [0.29, 0.717) is 5.92 Å². The Morgan fingerprint density at radius 3 is 2.69 bits per heavy atom. The normalized spacial score (nSPS) is 19.5. The molecule has 1 aliphatic rings. The van der Waals surface area contributed by atoms with Crippen LogP contribution >= 0.6 is 23.4 Å². The highest BCUT2D eigenvalue weighted by Crippen LogP contribution is 2.24. The highest BCUT2D eigenvalue weighted by molar-refractivity contribution is 7.98. The van der Waals surface area contributed by atoms with Crippen LogP contribution < -0.4 is 10.6 Å². The third-order valence-corrected chi connectivity index (χ3v) is 5.46. The van der Waals surface area contributed by atoms with Gasteiger partial charge in [0.15, 0.2) is 6.61 Å². The van der Waals surface area contributed by atoms with Gasteiger partial charge in [-0.1, -0.05) is 31.4 Å². The van der Waals surface area contributed by atoms with Gasteiger partial charge >= 0.3 is 12.0 Å². The summed E-state index contributed by atoms with van der Waals surface area (Å²) in [6, 6.07) is 4.49. The molecule has 2 atom stereocenters. The van der Waals surface area contributed by atoms with E-state index in [0.717, 1.165) is 30.6 Å². The van der Waals surface area contributed by atoms with Gasteiger partial charge in [0.05, 0.1) is 10.6 Å². The molecule has 1 saturated carbocycles. The van der Waals surface area contributed by atoms with Gasteiger partial charge in [0.1, 0.15) is 0 Å². The van der Waals surface area contributed by atoms with Gasteiger partial charge in [0, 0.05) is 10.9 Å². The molecule has 6 nitrogen and oxygen atoms in total. The van der Waals surface area contributed by atoms with Crippen LogP contribution in [0.15, 0.2) is 23.1 Å². The van der Waals surface area contributed by atoms with E-state index in [1.807, 2.05) is 6.26 Å². The number of halogens is 1. The lowest BCUT2D eigenvalue weighted by molar-refractivity contribution is -0.123. The predicted octanol–water partition coefficient (Wildman–Crippen LogP) is 3.62. The Hall–Kier alpha value is -1.73. The summed E-state index contributed by atoms with van der Waals surface area (Å²) in [6.07, 6.45) is 6.07. The highest BCUT2D eigenvalue weighted by Gasteiger charge is 2.23. The van der Waals surface area contributed by atoms with Crippen LogP contribution in [-0.2, 0) is 9.53 Å². The highest BCUT2D eigenvalue weighted by atomic mass is 35.5. The summed E-state index contributed by atoms with van der Waals surface area (Å²) in [4.78, 5) is 36.7. The van der Waals surface area contributed by atoms with Crippen LogP contribution in [-0.4, -0.2) is 36.8 Å². The number of amides is 3. The van der Waals surface area contributed by atoms with Crippen molar-refractivity contribution in [2.24, 2.45) is 5.92 Å². The number of benzene rings is 1. The molecule has 0 radical (unpaired) electrons. The average molecular weight is 399 g/mol. The third-order valence-electron chi connectivity index (χ3n) is 4.41. The first-order valence-electron chi connectivity index (χ1n) is 8.51. The van der Waals surface area contributed by atoms with Crippen molar-refractivity contribution in [3.05, 3.63) is 28.8 Å². The maximum atomic E-state index is 12.1. The Kier molecular flexibility index (Phi) is 7.78. The molecule has 0 spiro atoms.